The SMILES string of the molecule is COC(=O)N[C@H]1CCC[C@@H]1[C@](CN1CCC1)(c1cccc(F)c1)C1CCN(CC2CN(c3ccc(S(=O)(=O)c4cnn(C)c4)cc3)C2)CC1. The number of nitrogens with one attached hydrogen (secondary N) is 1. The lowest BCUT2D eigenvalue weighted by Crippen LogP contribution is -2.60. The number of sulfone groups is 1. The summed E-state index contributed by atoms with van der Waals surface area (Å²) in [6, 6.07) is 14.5. The molecule has 10 nitrogen and oxygen atoms in total. The molecule has 264 valence electrons. The van der Waals surface area contributed by atoms with Crippen LogP contribution in [-0.2, 0) is 27.0 Å². The van der Waals surface area contributed by atoms with Gasteiger partial charge in [0, 0.05) is 62.5 Å². The van der Waals surface area contributed by atoms with Gasteiger partial charge in [-0.2, -0.15) is 5.10 Å². The maximum Gasteiger partial charge on any atom is 0.407 e. The Hall–Kier alpha value is -3.48. The summed E-state index contributed by atoms with van der Waals surface area (Å²) in [5, 5.41) is 7.19. The molecule has 4 fully saturated rings. The predicted octanol–water partition coefficient (Wildman–Crippen LogP) is 4.71. The van der Waals surface area contributed by atoms with Crippen molar-refractivity contribution in [3.8, 4) is 0 Å². The third-order valence-electron chi connectivity index (χ3n) is 11.8. The Balaban J connectivity index is 1.01. The number of carbonyl (C=O) groups is 1. The van der Waals surface area contributed by atoms with Crippen molar-refractivity contribution in [2.45, 2.75) is 59.8 Å². The van der Waals surface area contributed by atoms with Crippen molar-refractivity contribution < 1.29 is 22.3 Å². The number of anilines is 1. The number of aryl methyl sites for hydroxylation is 1. The molecule has 3 saturated heterocycles. The lowest BCUT2D eigenvalue weighted by molar-refractivity contribution is 0.0223. The molecule has 3 aromatic rings. The molecule has 4 aliphatic rings. The number of benzene rings is 2. The van der Waals surface area contributed by atoms with Crippen molar-refractivity contribution in [2.24, 2.45) is 24.8 Å². The smallest absolute Gasteiger partial charge is 0.407 e. The first kappa shape index (κ1) is 34.0. The zero-order valence-electron chi connectivity index (χ0n) is 28.6. The molecule has 7 rings (SSSR count). The van der Waals surface area contributed by atoms with Crippen molar-refractivity contribution in [2.75, 3.05) is 64.4 Å². The molecule has 0 unspecified atom stereocenters. The molecule has 4 heterocycles. The quantitative estimate of drug-likeness (QED) is 0.309. The van der Waals surface area contributed by atoms with Gasteiger partial charge in [-0.3, -0.25) is 4.68 Å². The summed E-state index contributed by atoms with van der Waals surface area (Å²) in [4.78, 5) is 20.4. The van der Waals surface area contributed by atoms with Gasteiger partial charge in [0.25, 0.3) is 0 Å². The van der Waals surface area contributed by atoms with E-state index in [2.05, 4.69) is 31.2 Å². The molecule has 1 aliphatic carbocycles. The Kier molecular flexibility index (Phi) is 9.73. The number of piperidine rings is 1. The maximum atomic E-state index is 14.9. The van der Waals surface area contributed by atoms with E-state index in [1.807, 2.05) is 18.2 Å². The molecule has 3 atom stereocenters. The molecule has 0 radical (unpaired) electrons. The third kappa shape index (κ3) is 6.83. The van der Waals surface area contributed by atoms with Gasteiger partial charge in [-0.25, -0.2) is 17.6 Å². The Morgan fingerprint density at radius 1 is 0.980 bits per heavy atom. The highest BCUT2D eigenvalue weighted by atomic mass is 32.2. The van der Waals surface area contributed by atoms with Gasteiger partial charge in [0.2, 0.25) is 9.84 Å². The topological polar surface area (TPSA) is 100 Å². The van der Waals surface area contributed by atoms with E-state index >= 15 is 0 Å². The van der Waals surface area contributed by atoms with Gasteiger partial charge in [0.05, 0.1) is 18.2 Å². The van der Waals surface area contributed by atoms with E-state index in [0.717, 1.165) is 95.7 Å². The summed E-state index contributed by atoms with van der Waals surface area (Å²) in [5.41, 5.74) is 1.86. The second-order valence-electron chi connectivity index (χ2n) is 14.7. The molecule has 49 heavy (non-hydrogen) atoms. The fourth-order valence-electron chi connectivity index (χ4n) is 9.14. The highest BCUT2D eigenvalue weighted by molar-refractivity contribution is 7.91. The molecule has 1 saturated carbocycles. The molecule has 12 heteroatoms. The molecule has 2 aromatic carbocycles. The van der Waals surface area contributed by atoms with Crippen LogP contribution < -0.4 is 10.2 Å². The van der Waals surface area contributed by atoms with E-state index < -0.39 is 9.84 Å². The monoisotopic (exact) mass is 692 g/mol. The summed E-state index contributed by atoms with van der Waals surface area (Å²) in [5.74, 6) is 0.928. The summed E-state index contributed by atoms with van der Waals surface area (Å²) in [7, 11) is -0.463. The van der Waals surface area contributed by atoms with Crippen molar-refractivity contribution in [1.29, 1.82) is 0 Å². The van der Waals surface area contributed by atoms with E-state index in [-0.39, 0.29) is 39.1 Å². The minimum atomic E-state index is -3.59. The van der Waals surface area contributed by atoms with Crippen LogP contribution in [0.3, 0.4) is 0 Å². The van der Waals surface area contributed by atoms with Crippen molar-refractivity contribution >= 4 is 21.6 Å². The van der Waals surface area contributed by atoms with Crippen LogP contribution in [0.5, 0.6) is 0 Å². The normalized spacial score (nSPS) is 23.9. The van der Waals surface area contributed by atoms with Crippen LogP contribution in [-0.4, -0.2) is 99.6 Å². The predicted molar refractivity (Wildman–Crippen MR) is 186 cm³/mol. The van der Waals surface area contributed by atoms with Crippen LogP contribution in [0.1, 0.15) is 44.1 Å². The second kappa shape index (κ2) is 14.0. The number of halogens is 1. The van der Waals surface area contributed by atoms with Crippen LogP contribution in [0.15, 0.2) is 70.7 Å². The number of hydrogen-bond acceptors (Lipinski definition) is 8. The summed E-state index contributed by atoms with van der Waals surface area (Å²) >= 11 is 0. The van der Waals surface area contributed by atoms with E-state index in [4.69, 9.17) is 4.74 Å². The van der Waals surface area contributed by atoms with Gasteiger partial charge in [0.1, 0.15) is 10.7 Å². The summed E-state index contributed by atoms with van der Waals surface area (Å²) in [6.07, 6.45) is 8.75. The minimum absolute atomic E-state index is 0.000466. The number of carbonyl (C=O) groups excluding carboxylic acids is 1. The lowest BCUT2D eigenvalue weighted by Gasteiger charge is -2.54. The molecule has 3 aliphatic heterocycles. The number of likely N-dealkylation sites (tertiary alicyclic amines) is 2. The van der Waals surface area contributed by atoms with Crippen LogP contribution in [0.2, 0.25) is 0 Å². The van der Waals surface area contributed by atoms with Crippen LogP contribution >= 0.6 is 0 Å². The largest absolute Gasteiger partial charge is 0.453 e. The average Bonchev–Trinajstić information content (AvgIpc) is 3.72. The van der Waals surface area contributed by atoms with E-state index in [1.165, 1.54) is 30.6 Å². The number of aromatic nitrogens is 2. The minimum Gasteiger partial charge on any atom is -0.453 e. The molecule has 1 aromatic heterocycles. The van der Waals surface area contributed by atoms with Gasteiger partial charge in [-0.15, -0.1) is 0 Å². The number of ether oxygens (including phenoxy) is 1. The standard InChI is InChI=1S/C37H49FN6O4S/c1-41-25-33(21-39-41)49(46,47)32-12-10-31(11-13-32)44-23-27(24-44)22-42-18-14-28(15-19-42)37(26-43-16-5-17-43,29-6-3-7-30(38)20-29)34-8-4-9-35(34)40-36(45)48-2/h3,6-7,10-13,20-21,25,27-28,34-35H,4-5,8-9,14-19,22-24,26H2,1-2H3,(H,40,45)/t34-,35-,37-/m0/s1. The van der Waals surface area contributed by atoms with Crippen molar-refractivity contribution in [1.82, 2.24) is 24.9 Å². The summed E-state index contributed by atoms with van der Waals surface area (Å²) in [6.45, 7) is 7.95. The molecular formula is C37H49FN6O4S. The Labute approximate surface area is 289 Å². The van der Waals surface area contributed by atoms with E-state index in [0.29, 0.717) is 11.8 Å². The number of hydrogen-bond donors (Lipinski definition) is 1. The molecule has 1 N–H and O–H groups in total. The lowest BCUT2D eigenvalue weighted by atomic mass is 9.57. The van der Waals surface area contributed by atoms with Crippen molar-refractivity contribution in [3.05, 3.63) is 72.3 Å². The number of amides is 1. The van der Waals surface area contributed by atoms with E-state index in [9.17, 15) is 17.6 Å². The highest BCUT2D eigenvalue weighted by Gasteiger charge is 2.53. The number of rotatable bonds is 11. The number of alkyl carbamates (subject to hydrolysis) is 1. The zero-order chi connectivity index (χ0) is 34.2. The molecule has 1 amide bonds. The van der Waals surface area contributed by atoms with Gasteiger partial charge < -0.3 is 24.8 Å². The Morgan fingerprint density at radius 3 is 2.37 bits per heavy atom. The van der Waals surface area contributed by atoms with Crippen LogP contribution in [0.25, 0.3) is 0 Å². The number of methoxy groups -OCH3 is 1. The van der Waals surface area contributed by atoms with Gasteiger partial charge in [0.15, 0.2) is 0 Å². The first-order valence-corrected chi connectivity index (χ1v) is 19.3. The van der Waals surface area contributed by atoms with Crippen molar-refractivity contribution in [3.63, 3.8) is 0 Å². The Bertz CT molecular complexity index is 1720. The first-order chi connectivity index (χ1) is 23.7. The van der Waals surface area contributed by atoms with Crippen LogP contribution in [0.4, 0.5) is 14.9 Å². The van der Waals surface area contributed by atoms with Gasteiger partial charge >= 0.3 is 6.09 Å². The third-order valence-corrected chi connectivity index (χ3v) is 13.5. The fraction of sp³-hybridized carbons (Fsp3) is 0.568. The summed E-state index contributed by atoms with van der Waals surface area (Å²) < 4.78 is 47.4. The highest BCUT2D eigenvalue weighted by Crippen LogP contribution is 2.51. The fourth-order valence-corrected chi connectivity index (χ4v) is 10.4. The molecule has 0 bridgehead atoms. The van der Waals surface area contributed by atoms with E-state index in [1.54, 1.807) is 31.3 Å². The average molecular weight is 693 g/mol. The van der Waals surface area contributed by atoms with Crippen LogP contribution in [0, 0.1) is 23.6 Å². The zero-order valence-corrected chi connectivity index (χ0v) is 29.5. The Morgan fingerprint density at radius 2 is 1.73 bits per heavy atom. The molecular weight excluding hydrogens is 644 g/mol. The maximum absolute atomic E-state index is 14.9. The second-order valence-corrected chi connectivity index (χ2v) is 16.6. The molecule has 0 spiro atoms. The first-order valence-electron chi connectivity index (χ1n) is 17.8. The van der Waals surface area contributed by atoms with Gasteiger partial charge in [-0.1, -0.05) is 18.6 Å². The van der Waals surface area contributed by atoms with Gasteiger partial charge in [-0.05, 0) is 112 Å². The number of nitrogens with zero attached hydrogens (tertiary/aromatic N) is 5.